The van der Waals surface area contributed by atoms with Crippen LogP contribution in [0.1, 0.15) is 21.9 Å². The van der Waals surface area contributed by atoms with Crippen LogP contribution in [-0.4, -0.2) is 27.0 Å². The number of ether oxygens (including phenoxy) is 1. The highest BCUT2D eigenvalue weighted by molar-refractivity contribution is 5.92. The summed E-state index contributed by atoms with van der Waals surface area (Å²) in [6, 6.07) is 16.9. The van der Waals surface area contributed by atoms with Crippen LogP contribution in [0.4, 0.5) is 0 Å². The predicted molar refractivity (Wildman–Crippen MR) is 98.5 cm³/mol. The molecule has 0 aliphatic carbocycles. The van der Waals surface area contributed by atoms with Gasteiger partial charge in [-0.25, -0.2) is 0 Å². The molecule has 0 radical (unpaired) electrons. The van der Waals surface area contributed by atoms with Crippen molar-refractivity contribution in [2.24, 2.45) is 0 Å². The molecule has 3 heterocycles. The molecular formula is C20H18N4O3. The number of nitrogens with one attached hydrogen (secondary N) is 1. The Labute approximate surface area is 155 Å². The van der Waals surface area contributed by atoms with Crippen LogP contribution in [0.15, 0.2) is 71.5 Å². The van der Waals surface area contributed by atoms with Crippen LogP contribution in [0.25, 0.3) is 5.65 Å². The molecule has 1 amide bonds. The molecule has 3 aromatic heterocycles. The van der Waals surface area contributed by atoms with Crippen molar-refractivity contribution in [3.05, 3.63) is 84.2 Å². The Bertz CT molecular complexity index is 1040. The van der Waals surface area contributed by atoms with Gasteiger partial charge >= 0.3 is 0 Å². The second-order valence-corrected chi connectivity index (χ2v) is 5.93. The lowest BCUT2D eigenvalue weighted by atomic mass is 10.2. The van der Waals surface area contributed by atoms with Gasteiger partial charge in [0, 0.05) is 24.7 Å². The van der Waals surface area contributed by atoms with E-state index in [4.69, 9.17) is 9.15 Å². The van der Waals surface area contributed by atoms with E-state index in [1.54, 1.807) is 6.07 Å². The molecule has 0 saturated heterocycles. The molecule has 1 N–H and O–H groups in total. The molecule has 0 unspecified atom stereocenters. The number of nitrogens with zero attached hydrogens (tertiary/aromatic N) is 3. The third-order valence-electron chi connectivity index (χ3n) is 4.11. The SMILES string of the molecule is O=C(NCCc1nnc2ccccn12)c1occc1COc1ccccc1. The van der Waals surface area contributed by atoms with Crippen LogP contribution >= 0.6 is 0 Å². The molecule has 0 bridgehead atoms. The lowest BCUT2D eigenvalue weighted by Crippen LogP contribution is -2.26. The van der Waals surface area contributed by atoms with Crippen LogP contribution in [-0.2, 0) is 13.0 Å². The fourth-order valence-electron chi connectivity index (χ4n) is 2.76. The third-order valence-corrected chi connectivity index (χ3v) is 4.11. The maximum absolute atomic E-state index is 12.4. The van der Waals surface area contributed by atoms with E-state index in [1.807, 2.05) is 59.1 Å². The monoisotopic (exact) mass is 362 g/mol. The molecule has 7 nitrogen and oxygen atoms in total. The van der Waals surface area contributed by atoms with Gasteiger partial charge < -0.3 is 14.5 Å². The third kappa shape index (κ3) is 3.82. The van der Waals surface area contributed by atoms with Crippen LogP contribution in [0.2, 0.25) is 0 Å². The molecular weight excluding hydrogens is 344 g/mol. The van der Waals surface area contributed by atoms with Gasteiger partial charge in [-0.15, -0.1) is 10.2 Å². The van der Waals surface area contributed by atoms with Gasteiger partial charge in [0.2, 0.25) is 0 Å². The van der Waals surface area contributed by atoms with Crippen molar-refractivity contribution in [2.45, 2.75) is 13.0 Å². The first-order valence-corrected chi connectivity index (χ1v) is 8.62. The van der Waals surface area contributed by atoms with E-state index in [0.717, 1.165) is 17.2 Å². The number of pyridine rings is 1. The van der Waals surface area contributed by atoms with Crippen molar-refractivity contribution in [3.8, 4) is 5.75 Å². The quantitative estimate of drug-likeness (QED) is 0.547. The lowest BCUT2D eigenvalue weighted by Gasteiger charge is -2.07. The zero-order chi connectivity index (χ0) is 18.5. The normalized spacial score (nSPS) is 10.8. The van der Waals surface area contributed by atoms with Crippen LogP contribution in [0.3, 0.4) is 0 Å². The molecule has 1 aromatic carbocycles. The summed E-state index contributed by atoms with van der Waals surface area (Å²) in [5, 5.41) is 11.1. The largest absolute Gasteiger partial charge is 0.489 e. The summed E-state index contributed by atoms with van der Waals surface area (Å²) in [6.45, 7) is 0.687. The van der Waals surface area contributed by atoms with Gasteiger partial charge in [0.25, 0.3) is 5.91 Å². The van der Waals surface area contributed by atoms with Gasteiger partial charge in [-0.1, -0.05) is 24.3 Å². The second kappa shape index (κ2) is 7.74. The smallest absolute Gasteiger partial charge is 0.287 e. The molecule has 4 rings (SSSR count). The van der Waals surface area contributed by atoms with Crippen molar-refractivity contribution in [1.29, 1.82) is 0 Å². The van der Waals surface area contributed by atoms with E-state index in [-0.39, 0.29) is 18.3 Å². The Morgan fingerprint density at radius 3 is 2.81 bits per heavy atom. The van der Waals surface area contributed by atoms with E-state index in [0.29, 0.717) is 18.5 Å². The molecule has 4 aromatic rings. The summed E-state index contributed by atoms with van der Waals surface area (Å²) in [7, 11) is 0. The minimum Gasteiger partial charge on any atom is -0.489 e. The van der Waals surface area contributed by atoms with Crippen molar-refractivity contribution in [2.75, 3.05) is 6.54 Å². The number of furan rings is 1. The Morgan fingerprint density at radius 2 is 1.93 bits per heavy atom. The number of fused-ring (bicyclic) bond motifs is 1. The number of carbonyl (C=O) groups excluding carboxylic acids is 1. The van der Waals surface area contributed by atoms with Crippen LogP contribution in [0, 0.1) is 0 Å². The highest BCUT2D eigenvalue weighted by Crippen LogP contribution is 2.15. The maximum atomic E-state index is 12.4. The van der Waals surface area contributed by atoms with Gasteiger partial charge in [-0.2, -0.15) is 0 Å². The molecule has 0 saturated carbocycles. The molecule has 136 valence electrons. The highest BCUT2D eigenvalue weighted by atomic mass is 16.5. The highest BCUT2D eigenvalue weighted by Gasteiger charge is 2.16. The Balaban J connectivity index is 1.34. The zero-order valence-corrected chi connectivity index (χ0v) is 14.5. The number of carbonyl (C=O) groups is 1. The molecule has 0 aliphatic rings. The summed E-state index contributed by atoms with van der Waals surface area (Å²) < 4.78 is 12.9. The summed E-state index contributed by atoms with van der Waals surface area (Å²) in [4.78, 5) is 12.4. The minimum absolute atomic E-state index is 0.261. The van der Waals surface area contributed by atoms with Gasteiger partial charge in [0.1, 0.15) is 18.2 Å². The number of hydrogen-bond acceptors (Lipinski definition) is 5. The van der Waals surface area contributed by atoms with E-state index < -0.39 is 0 Å². The summed E-state index contributed by atoms with van der Waals surface area (Å²) >= 11 is 0. The Hall–Kier alpha value is -3.61. The lowest BCUT2D eigenvalue weighted by molar-refractivity contribution is 0.0923. The average molecular weight is 362 g/mol. The molecule has 0 spiro atoms. The van der Waals surface area contributed by atoms with E-state index in [2.05, 4.69) is 15.5 Å². The van der Waals surface area contributed by atoms with E-state index in [9.17, 15) is 4.79 Å². The average Bonchev–Trinajstić information content (AvgIpc) is 3.34. The Morgan fingerprint density at radius 1 is 1.07 bits per heavy atom. The van der Waals surface area contributed by atoms with Gasteiger partial charge in [0.05, 0.1) is 6.26 Å². The van der Waals surface area contributed by atoms with E-state index in [1.165, 1.54) is 6.26 Å². The number of hydrogen-bond donors (Lipinski definition) is 1. The zero-order valence-electron chi connectivity index (χ0n) is 14.5. The first kappa shape index (κ1) is 16.8. The molecule has 0 aliphatic heterocycles. The topological polar surface area (TPSA) is 81.7 Å². The number of amides is 1. The molecule has 7 heteroatoms. The second-order valence-electron chi connectivity index (χ2n) is 5.93. The molecule has 27 heavy (non-hydrogen) atoms. The Kier molecular flexibility index (Phi) is 4.82. The van der Waals surface area contributed by atoms with Crippen molar-refractivity contribution < 1.29 is 13.9 Å². The van der Waals surface area contributed by atoms with E-state index >= 15 is 0 Å². The van der Waals surface area contributed by atoms with Crippen molar-refractivity contribution in [3.63, 3.8) is 0 Å². The number of rotatable bonds is 7. The molecule has 0 atom stereocenters. The number of benzene rings is 1. The van der Waals surface area contributed by atoms with Crippen molar-refractivity contribution in [1.82, 2.24) is 19.9 Å². The van der Waals surface area contributed by atoms with Gasteiger partial charge in [-0.3, -0.25) is 9.20 Å². The first-order valence-electron chi connectivity index (χ1n) is 8.62. The summed E-state index contributed by atoms with van der Waals surface area (Å²) in [6.07, 6.45) is 3.95. The fourth-order valence-corrected chi connectivity index (χ4v) is 2.76. The van der Waals surface area contributed by atoms with Crippen LogP contribution in [0.5, 0.6) is 5.75 Å². The minimum atomic E-state index is -0.277. The fraction of sp³-hybridized carbons (Fsp3) is 0.150. The summed E-state index contributed by atoms with van der Waals surface area (Å²) in [5.74, 6) is 1.51. The standard InChI is InChI=1S/C20H18N4O3/c25-20(21-11-9-18-23-22-17-8-4-5-12-24(17)18)19-15(10-13-26-19)14-27-16-6-2-1-3-7-16/h1-8,10,12-13H,9,11,14H2,(H,21,25). The summed E-state index contributed by atoms with van der Waals surface area (Å²) in [5.41, 5.74) is 1.48. The molecule has 0 fully saturated rings. The number of aromatic nitrogens is 3. The van der Waals surface area contributed by atoms with Crippen LogP contribution < -0.4 is 10.1 Å². The van der Waals surface area contributed by atoms with Gasteiger partial charge in [0.15, 0.2) is 11.4 Å². The van der Waals surface area contributed by atoms with Crippen molar-refractivity contribution >= 4 is 11.6 Å². The van der Waals surface area contributed by atoms with Gasteiger partial charge in [-0.05, 0) is 30.3 Å². The number of para-hydroxylation sites is 1. The first-order chi connectivity index (χ1) is 13.3. The predicted octanol–water partition coefficient (Wildman–Crippen LogP) is 2.87. The maximum Gasteiger partial charge on any atom is 0.287 e.